The molecular formula is C16H24N4O. The summed E-state index contributed by atoms with van der Waals surface area (Å²) >= 11 is 0. The molecule has 0 saturated carbocycles. The Morgan fingerprint density at radius 1 is 1.48 bits per heavy atom. The predicted octanol–water partition coefficient (Wildman–Crippen LogP) is 1.77. The van der Waals surface area contributed by atoms with Gasteiger partial charge in [-0.15, -0.1) is 0 Å². The van der Waals surface area contributed by atoms with Crippen LogP contribution in [0, 0.1) is 24.2 Å². The number of nitrogens with one attached hydrogen (secondary N) is 1. The normalized spacial score (nSPS) is 18.2. The Bertz CT molecular complexity index is 503. The van der Waals surface area contributed by atoms with Crippen LogP contribution in [0.15, 0.2) is 12.1 Å². The van der Waals surface area contributed by atoms with E-state index in [4.69, 9.17) is 5.26 Å². The summed E-state index contributed by atoms with van der Waals surface area (Å²) in [7, 11) is 0. The van der Waals surface area contributed by atoms with E-state index in [0.29, 0.717) is 24.6 Å². The Labute approximate surface area is 126 Å². The van der Waals surface area contributed by atoms with E-state index in [2.05, 4.69) is 28.2 Å². The first-order chi connectivity index (χ1) is 10.1. The fourth-order valence-electron chi connectivity index (χ4n) is 2.57. The molecule has 1 aliphatic heterocycles. The highest BCUT2D eigenvalue weighted by Gasteiger charge is 2.18. The third-order valence-electron chi connectivity index (χ3n) is 4.07. The van der Waals surface area contributed by atoms with Crippen molar-refractivity contribution in [2.45, 2.75) is 32.8 Å². The van der Waals surface area contributed by atoms with Crippen LogP contribution in [-0.4, -0.2) is 47.3 Å². The van der Waals surface area contributed by atoms with Gasteiger partial charge in [0.2, 0.25) is 0 Å². The Kier molecular flexibility index (Phi) is 5.54. The van der Waals surface area contributed by atoms with Gasteiger partial charge in [-0.3, -0.25) is 0 Å². The molecule has 1 unspecified atom stereocenters. The van der Waals surface area contributed by atoms with Crippen LogP contribution in [0.4, 0.5) is 5.82 Å². The van der Waals surface area contributed by atoms with E-state index >= 15 is 0 Å². The number of aliphatic hydroxyl groups is 1. The van der Waals surface area contributed by atoms with Gasteiger partial charge in [0.25, 0.3) is 0 Å². The maximum absolute atomic E-state index is 10.1. The number of rotatable bonds is 5. The molecule has 1 aliphatic rings. The van der Waals surface area contributed by atoms with Gasteiger partial charge in [-0.25, -0.2) is 4.98 Å². The molecule has 21 heavy (non-hydrogen) atoms. The number of pyridine rings is 1. The number of aliphatic hydroxyl groups excluding tert-OH is 1. The lowest BCUT2D eigenvalue weighted by molar-refractivity contribution is 0.0989. The Morgan fingerprint density at radius 3 is 2.86 bits per heavy atom. The van der Waals surface area contributed by atoms with E-state index in [-0.39, 0.29) is 0 Å². The van der Waals surface area contributed by atoms with Gasteiger partial charge in [0.1, 0.15) is 17.6 Å². The molecule has 5 nitrogen and oxygen atoms in total. The van der Waals surface area contributed by atoms with E-state index in [0.717, 1.165) is 24.6 Å². The van der Waals surface area contributed by atoms with Crippen LogP contribution >= 0.6 is 0 Å². The minimum absolute atomic E-state index is 0.424. The third-order valence-corrected chi connectivity index (χ3v) is 4.07. The number of hydrogen-bond acceptors (Lipinski definition) is 5. The molecule has 2 heterocycles. The number of nitrogens with zero attached hydrogens (tertiary/aromatic N) is 3. The molecule has 1 fully saturated rings. The maximum atomic E-state index is 10.1. The third kappa shape index (κ3) is 4.69. The van der Waals surface area contributed by atoms with Crippen LogP contribution in [0.3, 0.4) is 0 Å². The summed E-state index contributed by atoms with van der Waals surface area (Å²) in [6.45, 7) is 7.43. The Balaban J connectivity index is 1.78. The average Bonchev–Trinajstić information content (AvgIpc) is 2.49. The monoisotopic (exact) mass is 288 g/mol. The highest BCUT2D eigenvalue weighted by molar-refractivity contribution is 5.42. The molecule has 0 aromatic carbocycles. The molecule has 5 heteroatoms. The SMILES string of the molecule is Cc1ccc(NCC(O)CN2CCC(C)CC2)nc1C#N. The fraction of sp³-hybridized carbons (Fsp3) is 0.625. The van der Waals surface area contributed by atoms with Crippen LogP contribution in [0.25, 0.3) is 0 Å². The number of nitriles is 1. The van der Waals surface area contributed by atoms with Crippen LogP contribution < -0.4 is 5.32 Å². The van der Waals surface area contributed by atoms with Crippen LogP contribution in [0.5, 0.6) is 0 Å². The molecular weight excluding hydrogens is 264 g/mol. The number of anilines is 1. The van der Waals surface area contributed by atoms with E-state index < -0.39 is 6.10 Å². The smallest absolute Gasteiger partial charge is 0.145 e. The lowest BCUT2D eigenvalue weighted by atomic mass is 9.99. The first-order valence-electron chi connectivity index (χ1n) is 7.60. The molecule has 0 aliphatic carbocycles. The molecule has 0 bridgehead atoms. The summed E-state index contributed by atoms with van der Waals surface area (Å²) in [5.74, 6) is 1.45. The van der Waals surface area contributed by atoms with Gasteiger partial charge < -0.3 is 15.3 Å². The molecule has 1 saturated heterocycles. The number of hydrogen-bond donors (Lipinski definition) is 2. The van der Waals surface area contributed by atoms with Crippen molar-refractivity contribution >= 4 is 5.82 Å². The van der Waals surface area contributed by atoms with E-state index in [1.54, 1.807) is 0 Å². The Hall–Kier alpha value is -1.64. The van der Waals surface area contributed by atoms with Crippen molar-refractivity contribution < 1.29 is 5.11 Å². The van der Waals surface area contributed by atoms with Gasteiger partial charge in [0, 0.05) is 13.1 Å². The highest BCUT2D eigenvalue weighted by Crippen LogP contribution is 2.16. The molecule has 114 valence electrons. The average molecular weight is 288 g/mol. The summed E-state index contributed by atoms with van der Waals surface area (Å²) in [6, 6.07) is 5.78. The van der Waals surface area contributed by atoms with Crippen LogP contribution in [-0.2, 0) is 0 Å². The maximum Gasteiger partial charge on any atom is 0.145 e. The van der Waals surface area contributed by atoms with Gasteiger partial charge in [0.05, 0.1) is 6.10 Å². The number of piperidine rings is 1. The fourth-order valence-corrected chi connectivity index (χ4v) is 2.57. The molecule has 2 N–H and O–H groups in total. The van der Waals surface area contributed by atoms with Crippen molar-refractivity contribution in [3.05, 3.63) is 23.4 Å². The Morgan fingerprint density at radius 2 is 2.19 bits per heavy atom. The molecule has 0 radical (unpaired) electrons. The molecule has 2 rings (SSSR count). The lowest BCUT2D eigenvalue weighted by Crippen LogP contribution is -2.40. The van der Waals surface area contributed by atoms with Crippen molar-refractivity contribution in [1.29, 1.82) is 5.26 Å². The van der Waals surface area contributed by atoms with E-state index in [9.17, 15) is 5.11 Å². The van der Waals surface area contributed by atoms with Crippen molar-refractivity contribution in [3.63, 3.8) is 0 Å². The van der Waals surface area contributed by atoms with Gasteiger partial charge in [-0.1, -0.05) is 13.0 Å². The summed E-state index contributed by atoms with van der Waals surface area (Å²) in [6.07, 6.45) is 2.00. The second kappa shape index (κ2) is 7.39. The van der Waals surface area contributed by atoms with Crippen molar-refractivity contribution in [1.82, 2.24) is 9.88 Å². The van der Waals surface area contributed by atoms with Gasteiger partial charge in [-0.2, -0.15) is 5.26 Å². The largest absolute Gasteiger partial charge is 0.390 e. The molecule has 1 atom stereocenters. The second-order valence-corrected chi connectivity index (χ2v) is 5.99. The minimum Gasteiger partial charge on any atom is -0.390 e. The summed E-state index contributed by atoms with van der Waals surface area (Å²) < 4.78 is 0. The highest BCUT2D eigenvalue weighted by atomic mass is 16.3. The van der Waals surface area contributed by atoms with E-state index in [1.807, 2.05) is 19.1 Å². The van der Waals surface area contributed by atoms with Crippen molar-refractivity contribution in [2.75, 3.05) is 31.5 Å². The number of β-amino-alcohol motifs (C(OH)–C–C–N with tert-alkyl or cyclic N) is 1. The van der Waals surface area contributed by atoms with Gasteiger partial charge in [0.15, 0.2) is 0 Å². The summed E-state index contributed by atoms with van der Waals surface area (Å²) in [5.41, 5.74) is 1.30. The van der Waals surface area contributed by atoms with Gasteiger partial charge >= 0.3 is 0 Å². The quantitative estimate of drug-likeness (QED) is 0.864. The minimum atomic E-state index is -0.424. The van der Waals surface area contributed by atoms with Crippen LogP contribution in [0.1, 0.15) is 31.0 Å². The number of aryl methyl sites for hydroxylation is 1. The van der Waals surface area contributed by atoms with Gasteiger partial charge in [-0.05, 0) is 50.4 Å². The van der Waals surface area contributed by atoms with E-state index in [1.165, 1.54) is 12.8 Å². The molecule has 1 aromatic rings. The topological polar surface area (TPSA) is 72.2 Å². The zero-order chi connectivity index (χ0) is 15.2. The van der Waals surface area contributed by atoms with Crippen LogP contribution in [0.2, 0.25) is 0 Å². The predicted molar refractivity (Wildman–Crippen MR) is 83.0 cm³/mol. The zero-order valence-electron chi connectivity index (χ0n) is 12.8. The second-order valence-electron chi connectivity index (χ2n) is 5.99. The zero-order valence-corrected chi connectivity index (χ0v) is 12.8. The standard InChI is InChI=1S/C16H24N4O/c1-12-5-7-20(8-6-12)11-14(21)10-18-16-4-3-13(2)15(9-17)19-16/h3-4,12,14,21H,5-8,10-11H2,1-2H3,(H,18,19). The lowest BCUT2D eigenvalue weighted by Gasteiger charge is -2.31. The summed E-state index contributed by atoms with van der Waals surface area (Å²) in [5, 5.41) is 22.2. The number of aromatic nitrogens is 1. The molecule has 1 aromatic heterocycles. The summed E-state index contributed by atoms with van der Waals surface area (Å²) in [4.78, 5) is 6.54. The molecule has 0 amide bonds. The number of likely N-dealkylation sites (tertiary alicyclic amines) is 1. The first-order valence-corrected chi connectivity index (χ1v) is 7.60. The van der Waals surface area contributed by atoms with Crippen molar-refractivity contribution in [2.24, 2.45) is 5.92 Å². The molecule has 0 spiro atoms. The van der Waals surface area contributed by atoms with Crippen molar-refractivity contribution in [3.8, 4) is 6.07 Å². The first kappa shape index (κ1) is 15.7.